The molecule has 3 aliphatic rings. The first kappa shape index (κ1) is 27.3. The number of carbonyl (C=O) groups is 2. The highest BCUT2D eigenvalue weighted by atomic mass is 16.5. The van der Waals surface area contributed by atoms with Gasteiger partial charge in [0.1, 0.15) is 12.4 Å². The van der Waals surface area contributed by atoms with E-state index in [0.29, 0.717) is 52.3 Å². The van der Waals surface area contributed by atoms with Gasteiger partial charge in [-0.3, -0.25) is 19.5 Å². The van der Waals surface area contributed by atoms with Crippen LogP contribution >= 0.6 is 0 Å². The van der Waals surface area contributed by atoms with Gasteiger partial charge in [-0.2, -0.15) is 0 Å². The van der Waals surface area contributed by atoms with Crippen molar-refractivity contribution >= 4 is 11.8 Å². The van der Waals surface area contributed by atoms with Crippen LogP contribution < -0.4 is 10.1 Å². The molecule has 8 nitrogen and oxygen atoms in total. The second-order valence-electron chi connectivity index (χ2n) is 11.0. The highest BCUT2D eigenvalue weighted by molar-refractivity contribution is 5.79. The SMILES string of the molecule is O=C(C[C@@H]1CCN2C[C@@H]1C=CCOc1ccccc1CN(Cc1ccncc1)CC2=O)NCCN1CCCC1. The molecule has 1 aromatic carbocycles. The predicted octanol–water partition coefficient (Wildman–Crippen LogP) is 3.10. The fourth-order valence-corrected chi connectivity index (χ4v) is 5.99. The van der Waals surface area contributed by atoms with Gasteiger partial charge in [0.2, 0.25) is 11.8 Å². The van der Waals surface area contributed by atoms with E-state index in [9.17, 15) is 9.59 Å². The number of carbonyl (C=O) groups excluding carboxylic acids is 2. The molecule has 3 aliphatic heterocycles. The fraction of sp³-hybridized carbons (Fsp3) is 0.516. The zero-order chi connectivity index (χ0) is 26.9. The molecule has 2 saturated heterocycles. The van der Waals surface area contributed by atoms with Crippen molar-refractivity contribution in [2.75, 3.05) is 52.4 Å². The van der Waals surface area contributed by atoms with E-state index in [4.69, 9.17) is 4.74 Å². The van der Waals surface area contributed by atoms with Gasteiger partial charge >= 0.3 is 0 Å². The summed E-state index contributed by atoms with van der Waals surface area (Å²) in [5, 5.41) is 3.14. The van der Waals surface area contributed by atoms with Crippen LogP contribution in [0.25, 0.3) is 0 Å². The Balaban J connectivity index is 1.26. The van der Waals surface area contributed by atoms with Gasteiger partial charge < -0.3 is 19.9 Å². The molecule has 2 amide bonds. The Morgan fingerprint density at radius 3 is 2.69 bits per heavy atom. The molecule has 2 fully saturated rings. The van der Waals surface area contributed by atoms with E-state index in [1.807, 2.05) is 35.2 Å². The number of likely N-dealkylation sites (tertiary alicyclic amines) is 1. The summed E-state index contributed by atoms with van der Waals surface area (Å²) in [6.07, 6.45) is 11.6. The fourth-order valence-electron chi connectivity index (χ4n) is 5.99. The Labute approximate surface area is 232 Å². The highest BCUT2D eigenvalue weighted by Crippen LogP contribution is 2.29. The third-order valence-electron chi connectivity index (χ3n) is 8.15. The number of para-hydroxylation sites is 1. The molecule has 0 saturated carbocycles. The average molecular weight is 532 g/mol. The largest absolute Gasteiger partial charge is 0.489 e. The number of ether oxygens (including phenoxy) is 1. The number of rotatable bonds is 7. The Bertz CT molecular complexity index is 1120. The van der Waals surface area contributed by atoms with Crippen molar-refractivity contribution in [1.82, 2.24) is 25.0 Å². The molecule has 208 valence electrons. The lowest BCUT2D eigenvalue weighted by molar-refractivity contribution is -0.135. The number of aromatic nitrogens is 1. The third kappa shape index (κ3) is 7.90. The summed E-state index contributed by atoms with van der Waals surface area (Å²) in [6, 6.07) is 12.0. The molecule has 2 atom stereocenters. The summed E-state index contributed by atoms with van der Waals surface area (Å²) in [5.74, 6) is 1.42. The monoisotopic (exact) mass is 531 g/mol. The number of benzene rings is 1. The molecule has 1 N–H and O–H groups in total. The maximum Gasteiger partial charge on any atom is 0.236 e. The molecular formula is C31H41N5O3. The first-order chi connectivity index (χ1) is 19.1. The van der Waals surface area contributed by atoms with Gasteiger partial charge in [-0.25, -0.2) is 0 Å². The minimum atomic E-state index is 0.115. The minimum Gasteiger partial charge on any atom is -0.489 e. The normalized spacial score (nSPS) is 22.8. The molecule has 5 rings (SSSR count). The van der Waals surface area contributed by atoms with Gasteiger partial charge in [0.15, 0.2) is 0 Å². The van der Waals surface area contributed by atoms with Crippen molar-refractivity contribution in [3.05, 3.63) is 72.1 Å². The summed E-state index contributed by atoms with van der Waals surface area (Å²) in [4.78, 5) is 37.1. The minimum absolute atomic E-state index is 0.115. The van der Waals surface area contributed by atoms with Crippen LogP contribution in [-0.4, -0.2) is 83.9 Å². The average Bonchev–Trinajstić information content (AvgIpc) is 3.46. The summed E-state index contributed by atoms with van der Waals surface area (Å²) in [6.45, 7) is 7.29. The molecule has 0 radical (unpaired) electrons. The topological polar surface area (TPSA) is 78.0 Å². The van der Waals surface area contributed by atoms with Crippen molar-refractivity contribution in [2.45, 2.75) is 38.8 Å². The molecule has 2 bridgehead atoms. The second-order valence-corrected chi connectivity index (χ2v) is 11.0. The van der Waals surface area contributed by atoms with Crippen LogP contribution in [0.15, 0.2) is 60.9 Å². The Morgan fingerprint density at radius 2 is 1.85 bits per heavy atom. The van der Waals surface area contributed by atoms with Crippen molar-refractivity contribution < 1.29 is 14.3 Å². The third-order valence-corrected chi connectivity index (χ3v) is 8.15. The summed E-state index contributed by atoms with van der Waals surface area (Å²) in [7, 11) is 0. The first-order valence-corrected chi connectivity index (χ1v) is 14.4. The van der Waals surface area contributed by atoms with Crippen molar-refractivity contribution in [1.29, 1.82) is 0 Å². The molecule has 39 heavy (non-hydrogen) atoms. The van der Waals surface area contributed by atoms with E-state index in [1.54, 1.807) is 12.4 Å². The zero-order valence-electron chi connectivity index (χ0n) is 22.8. The standard InChI is InChI=1S/C31H41N5O3/c37-30(33-14-18-34-15-3-4-16-34)20-26-11-17-36-23-27(26)7-5-19-39-29-8-2-1-6-28(29)22-35(24-31(36)38)21-25-9-12-32-13-10-25/h1-2,5-10,12-13,26-27H,3-4,11,14-24H2,(H,33,37)/t26-,27-/m0/s1. The second kappa shape index (κ2) is 13.7. The summed E-state index contributed by atoms with van der Waals surface area (Å²) >= 11 is 0. The van der Waals surface area contributed by atoms with E-state index < -0.39 is 0 Å². The first-order valence-electron chi connectivity index (χ1n) is 14.4. The zero-order valence-corrected chi connectivity index (χ0v) is 22.8. The maximum atomic E-state index is 13.6. The molecule has 8 heteroatoms. The molecule has 0 unspecified atom stereocenters. The lowest BCUT2D eigenvalue weighted by Gasteiger charge is -2.38. The van der Waals surface area contributed by atoms with E-state index in [-0.39, 0.29) is 23.7 Å². The van der Waals surface area contributed by atoms with Crippen LogP contribution in [0.4, 0.5) is 0 Å². The number of hydrogen-bond donors (Lipinski definition) is 1. The van der Waals surface area contributed by atoms with Gasteiger partial charge in [-0.05, 0) is 68.0 Å². The van der Waals surface area contributed by atoms with Crippen LogP contribution in [-0.2, 0) is 22.7 Å². The highest BCUT2D eigenvalue weighted by Gasteiger charge is 2.32. The molecular weight excluding hydrogens is 490 g/mol. The van der Waals surface area contributed by atoms with Gasteiger partial charge in [0, 0.05) is 63.6 Å². The molecule has 0 spiro atoms. The predicted molar refractivity (Wildman–Crippen MR) is 151 cm³/mol. The summed E-state index contributed by atoms with van der Waals surface area (Å²) < 4.78 is 6.18. The van der Waals surface area contributed by atoms with Crippen LogP contribution in [0.1, 0.15) is 36.8 Å². The quantitative estimate of drug-likeness (QED) is 0.554. The number of nitrogens with zero attached hydrogens (tertiary/aromatic N) is 4. The molecule has 2 aromatic rings. The van der Waals surface area contributed by atoms with Crippen LogP contribution in [0.3, 0.4) is 0 Å². The Hall–Kier alpha value is -3.23. The van der Waals surface area contributed by atoms with E-state index in [1.165, 1.54) is 12.8 Å². The Kier molecular flexibility index (Phi) is 9.61. The van der Waals surface area contributed by atoms with E-state index >= 15 is 0 Å². The van der Waals surface area contributed by atoms with Crippen LogP contribution in [0.2, 0.25) is 0 Å². The molecule has 1 aromatic heterocycles. The van der Waals surface area contributed by atoms with Crippen LogP contribution in [0.5, 0.6) is 5.75 Å². The molecule has 0 aliphatic carbocycles. The number of hydrogen-bond acceptors (Lipinski definition) is 6. The van der Waals surface area contributed by atoms with Gasteiger partial charge in [0.05, 0.1) is 6.54 Å². The van der Waals surface area contributed by atoms with Gasteiger partial charge in [-0.15, -0.1) is 0 Å². The van der Waals surface area contributed by atoms with Crippen molar-refractivity contribution in [2.24, 2.45) is 11.8 Å². The van der Waals surface area contributed by atoms with E-state index in [0.717, 1.165) is 42.9 Å². The van der Waals surface area contributed by atoms with Crippen molar-refractivity contribution in [3.8, 4) is 5.75 Å². The van der Waals surface area contributed by atoms with E-state index in [2.05, 4.69) is 38.3 Å². The summed E-state index contributed by atoms with van der Waals surface area (Å²) in [5.41, 5.74) is 2.18. The van der Waals surface area contributed by atoms with Crippen LogP contribution in [0, 0.1) is 11.8 Å². The Morgan fingerprint density at radius 1 is 1.03 bits per heavy atom. The lowest BCUT2D eigenvalue weighted by atomic mass is 9.82. The van der Waals surface area contributed by atoms with Crippen molar-refractivity contribution in [3.63, 3.8) is 0 Å². The molecule has 4 heterocycles. The number of pyridine rings is 1. The van der Waals surface area contributed by atoms with Gasteiger partial charge in [0.25, 0.3) is 0 Å². The number of nitrogens with one attached hydrogen (secondary N) is 1. The smallest absolute Gasteiger partial charge is 0.236 e. The maximum absolute atomic E-state index is 13.6. The lowest BCUT2D eigenvalue weighted by Crippen LogP contribution is -2.47. The number of fused-ring (bicyclic) bond motifs is 3. The number of piperidine rings is 1. The number of amides is 2. The van der Waals surface area contributed by atoms with Gasteiger partial charge in [-0.1, -0.05) is 30.4 Å².